The van der Waals surface area contributed by atoms with E-state index in [1.807, 2.05) is 24.3 Å². The molecule has 2 atom stereocenters. The first-order chi connectivity index (χ1) is 11.1. The number of aliphatic carboxylic acids is 1. The monoisotopic (exact) mass is 319 g/mol. The maximum Gasteiger partial charge on any atom is 0.313 e. The van der Waals surface area contributed by atoms with Crippen molar-refractivity contribution < 1.29 is 24.2 Å². The number of nitrogens with zero attached hydrogens (tertiary/aromatic N) is 1. The number of carboxylic acids is 1. The lowest BCUT2D eigenvalue weighted by Crippen LogP contribution is -2.54. The number of amides is 1. The first-order valence-electron chi connectivity index (χ1n) is 7.81. The summed E-state index contributed by atoms with van der Waals surface area (Å²) in [4.78, 5) is 26.1. The summed E-state index contributed by atoms with van der Waals surface area (Å²) < 4.78 is 10.8. The van der Waals surface area contributed by atoms with E-state index in [4.69, 9.17) is 9.47 Å². The van der Waals surface area contributed by atoms with Crippen molar-refractivity contribution in [2.24, 2.45) is 5.41 Å². The molecule has 1 saturated heterocycles. The Morgan fingerprint density at radius 3 is 2.91 bits per heavy atom. The van der Waals surface area contributed by atoms with Crippen LogP contribution in [0.4, 0.5) is 0 Å². The van der Waals surface area contributed by atoms with Crippen LogP contribution in [-0.2, 0) is 20.7 Å². The first kappa shape index (κ1) is 15.8. The SMILES string of the molecule is COCC1(C(=O)O)CCCN(C(=O)C2Cc3ccccc3O2)C1. The van der Waals surface area contributed by atoms with Gasteiger partial charge in [-0.1, -0.05) is 18.2 Å². The van der Waals surface area contributed by atoms with E-state index in [9.17, 15) is 14.7 Å². The Morgan fingerprint density at radius 1 is 1.43 bits per heavy atom. The highest BCUT2D eigenvalue weighted by molar-refractivity contribution is 5.84. The van der Waals surface area contributed by atoms with Crippen LogP contribution >= 0.6 is 0 Å². The summed E-state index contributed by atoms with van der Waals surface area (Å²) in [5.74, 6) is -0.306. The third kappa shape index (κ3) is 2.91. The van der Waals surface area contributed by atoms with Gasteiger partial charge in [-0.2, -0.15) is 0 Å². The summed E-state index contributed by atoms with van der Waals surface area (Å²) in [6, 6.07) is 7.60. The van der Waals surface area contributed by atoms with Gasteiger partial charge >= 0.3 is 5.97 Å². The molecule has 6 heteroatoms. The van der Waals surface area contributed by atoms with Gasteiger partial charge in [0, 0.05) is 26.6 Å². The topological polar surface area (TPSA) is 76.1 Å². The van der Waals surface area contributed by atoms with Gasteiger partial charge in [-0.15, -0.1) is 0 Å². The zero-order chi connectivity index (χ0) is 16.4. The van der Waals surface area contributed by atoms with Crippen molar-refractivity contribution in [3.05, 3.63) is 29.8 Å². The first-order valence-corrected chi connectivity index (χ1v) is 7.81. The average Bonchev–Trinajstić information content (AvgIpc) is 2.98. The summed E-state index contributed by atoms with van der Waals surface area (Å²) >= 11 is 0. The number of methoxy groups -OCH3 is 1. The Kier molecular flexibility index (Phi) is 4.26. The molecule has 1 aromatic rings. The van der Waals surface area contributed by atoms with E-state index in [-0.39, 0.29) is 19.1 Å². The fourth-order valence-corrected chi connectivity index (χ4v) is 3.47. The molecule has 1 amide bonds. The van der Waals surface area contributed by atoms with Crippen LogP contribution in [0.5, 0.6) is 5.75 Å². The molecule has 1 aromatic carbocycles. The number of piperidine rings is 1. The van der Waals surface area contributed by atoms with Crippen molar-refractivity contribution in [1.29, 1.82) is 0 Å². The Balaban J connectivity index is 1.72. The fraction of sp³-hybridized carbons (Fsp3) is 0.529. The molecule has 23 heavy (non-hydrogen) atoms. The number of rotatable bonds is 4. The van der Waals surface area contributed by atoms with E-state index in [0.29, 0.717) is 25.8 Å². The van der Waals surface area contributed by atoms with Crippen molar-refractivity contribution in [3.8, 4) is 5.75 Å². The summed E-state index contributed by atoms with van der Waals surface area (Å²) in [5, 5.41) is 9.58. The van der Waals surface area contributed by atoms with Crippen molar-refractivity contribution in [2.75, 3.05) is 26.8 Å². The molecule has 2 aliphatic heterocycles. The number of para-hydroxylation sites is 1. The summed E-state index contributed by atoms with van der Waals surface area (Å²) in [5.41, 5.74) is -0.00190. The van der Waals surface area contributed by atoms with E-state index in [0.717, 1.165) is 11.3 Å². The maximum atomic E-state index is 12.8. The lowest BCUT2D eigenvalue weighted by molar-refractivity contribution is -0.160. The minimum atomic E-state index is -1.02. The van der Waals surface area contributed by atoms with E-state index >= 15 is 0 Å². The highest BCUT2D eigenvalue weighted by Gasteiger charge is 2.45. The third-order valence-electron chi connectivity index (χ3n) is 4.69. The Hall–Kier alpha value is -2.08. The number of fused-ring (bicyclic) bond motifs is 1. The predicted octanol–water partition coefficient (Wildman–Crippen LogP) is 1.33. The predicted molar refractivity (Wildman–Crippen MR) is 82.3 cm³/mol. The highest BCUT2D eigenvalue weighted by Crippen LogP contribution is 2.33. The molecule has 2 aliphatic rings. The molecule has 1 fully saturated rings. The van der Waals surface area contributed by atoms with Gasteiger partial charge in [0.2, 0.25) is 0 Å². The minimum absolute atomic E-state index is 0.109. The van der Waals surface area contributed by atoms with E-state index in [2.05, 4.69) is 0 Å². The van der Waals surface area contributed by atoms with Crippen LogP contribution in [0.2, 0.25) is 0 Å². The van der Waals surface area contributed by atoms with E-state index in [1.54, 1.807) is 4.90 Å². The third-order valence-corrected chi connectivity index (χ3v) is 4.69. The van der Waals surface area contributed by atoms with Crippen LogP contribution in [0.1, 0.15) is 18.4 Å². The standard InChI is InChI=1S/C17H21NO5/c1-22-11-17(16(20)21)7-4-8-18(10-17)15(19)14-9-12-5-2-3-6-13(12)23-14/h2-3,5-6,14H,4,7-11H2,1H3,(H,20,21). The van der Waals surface area contributed by atoms with Crippen molar-refractivity contribution in [1.82, 2.24) is 4.90 Å². The molecule has 0 aromatic heterocycles. The lowest BCUT2D eigenvalue weighted by atomic mass is 9.80. The van der Waals surface area contributed by atoms with Crippen molar-refractivity contribution in [2.45, 2.75) is 25.4 Å². The van der Waals surface area contributed by atoms with Gasteiger partial charge in [-0.05, 0) is 24.5 Å². The van der Waals surface area contributed by atoms with Crippen LogP contribution in [0.15, 0.2) is 24.3 Å². The van der Waals surface area contributed by atoms with E-state index in [1.165, 1.54) is 7.11 Å². The Labute approximate surface area is 135 Å². The van der Waals surface area contributed by atoms with Crippen LogP contribution in [0.25, 0.3) is 0 Å². The minimum Gasteiger partial charge on any atom is -0.481 e. The molecule has 3 rings (SSSR count). The number of benzene rings is 1. The molecule has 2 unspecified atom stereocenters. The number of carbonyl (C=O) groups excluding carboxylic acids is 1. The largest absolute Gasteiger partial charge is 0.481 e. The molecular weight excluding hydrogens is 298 g/mol. The molecule has 6 nitrogen and oxygen atoms in total. The zero-order valence-corrected chi connectivity index (χ0v) is 13.2. The van der Waals surface area contributed by atoms with Crippen LogP contribution < -0.4 is 4.74 Å². The molecular formula is C17H21NO5. The second-order valence-electron chi connectivity index (χ2n) is 6.30. The second kappa shape index (κ2) is 6.20. The molecule has 0 bridgehead atoms. The van der Waals surface area contributed by atoms with Gasteiger partial charge in [0.25, 0.3) is 5.91 Å². The van der Waals surface area contributed by atoms with Crippen LogP contribution in [0, 0.1) is 5.41 Å². The molecule has 0 aliphatic carbocycles. The molecule has 0 radical (unpaired) electrons. The summed E-state index contributed by atoms with van der Waals surface area (Å²) in [6.07, 6.45) is 1.15. The Morgan fingerprint density at radius 2 is 2.22 bits per heavy atom. The normalized spacial score (nSPS) is 26.5. The van der Waals surface area contributed by atoms with Gasteiger partial charge < -0.3 is 19.5 Å². The number of likely N-dealkylation sites (tertiary alicyclic amines) is 1. The van der Waals surface area contributed by atoms with Gasteiger partial charge in [0.05, 0.1) is 6.61 Å². The number of carbonyl (C=O) groups is 2. The van der Waals surface area contributed by atoms with Gasteiger partial charge in [-0.3, -0.25) is 9.59 Å². The van der Waals surface area contributed by atoms with Gasteiger partial charge in [0.1, 0.15) is 11.2 Å². The molecule has 2 heterocycles. The lowest BCUT2D eigenvalue weighted by Gasteiger charge is -2.40. The number of carboxylic acid groups (broad SMARTS) is 1. The number of ether oxygens (including phenoxy) is 2. The summed E-state index contributed by atoms with van der Waals surface area (Å²) in [6.45, 7) is 0.844. The highest BCUT2D eigenvalue weighted by atomic mass is 16.5. The second-order valence-corrected chi connectivity index (χ2v) is 6.30. The zero-order valence-electron chi connectivity index (χ0n) is 13.2. The molecule has 0 spiro atoms. The smallest absolute Gasteiger partial charge is 0.313 e. The van der Waals surface area contributed by atoms with Gasteiger partial charge in [-0.25, -0.2) is 0 Å². The number of hydrogen-bond acceptors (Lipinski definition) is 4. The Bertz CT molecular complexity index is 588. The maximum absolute atomic E-state index is 12.8. The molecule has 0 saturated carbocycles. The average molecular weight is 319 g/mol. The van der Waals surface area contributed by atoms with Gasteiger partial charge in [0.15, 0.2) is 6.10 Å². The number of hydrogen-bond donors (Lipinski definition) is 1. The fourth-order valence-electron chi connectivity index (χ4n) is 3.47. The quantitative estimate of drug-likeness (QED) is 0.906. The van der Waals surface area contributed by atoms with Crippen LogP contribution in [-0.4, -0.2) is 54.8 Å². The van der Waals surface area contributed by atoms with E-state index < -0.39 is 17.5 Å². The molecule has 1 N–H and O–H groups in total. The summed E-state index contributed by atoms with van der Waals surface area (Å²) in [7, 11) is 1.49. The van der Waals surface area contributed by atoms with Crippen LogP contribution in [0.3, 0.4) is 0 Å². The van der Waals surface area contributed by atoms with Crippen molar-refractivity contribution >= 4 is 11.9 Å². The molecule has 124 valence electrons. The van der Waals surface area contributed by atoms with Crippen molar-refractivity contribution in [3.63, 3.8) is 0 Å².